The summed E-state index contributed by atoms with van der Waals surface area (Å²) in [6, 6.07) is 8.89. The zero-order valence-electron chi connectivity index (χ0n) is 10.4. The number of carbonyl (C=O) groups is 2. The lowest BCUT2D eigenvalue weighted by atomic mass is 10.2. The van der Waals surface area contributed by atoms with Crippen molar-refractivity contribution in [3.05, 3.63) is 35.9 Å². The molecule has 1 atom stereocenters. The molecule has 0 fully saturated rings. The molecule has 0 amide bonds. The number of esters is 2. The number of hydrogen-bond donors (Lipinski definition) is 1. The molecular weight excluding hydrogens is 234 g/mol. The minimum Gasteiger partial charge on any atom is -0.465 e. The van der Waals surface area contributed by atoms with Crippen LogP contribution in [0.1, 0.15) is 18.4 Å². The molecule has 0 aliphatic rings. The summed E-state index contributed by atoms with van der Waals surface area (Å²) in [7, 11) is 1.30. The van der Waals surface area contributed by atoms with E-state index in [1.165, 1.54) is 7.11 Å². The van der Waals surface area contributed by atoms with Gasteiger partial charge in [0.15, 0.2) is 6.04 Å². The summed E-state index contributed by atoms with van der Waals surface area (Å²) in [5, 5.41) is 0. The van der Waals surface area contributed by atoms with Gasteiger partial charge in [-0.2, -0.15) is 0 Å². The lowest BCUT2D eigenvalue weighted by Crippen LogP contribution is -2.65. The predicted octanol–water partition coefficient (Wildman–Crippen LogP) is 0.294. The molecule has 0 aromatic heterocycles. The van der Waals surface area contributed by atoms with Crippen molar-refractivity contribution in [2.45, 2.75) is 25.5 Å². The van der Waals surface area contributed by atoms with E-state index in [0.717, 1.165) is 5.56 Å². The highest BCUT2D eigenvalue weighted by molar-refractivity contribution is 5.75. The summed E-state index contributed by atoms with van der Waals surface area (Å²) in [4.78, 5) is 22.5. The van der Waals surface area contributed by atoms with Crippen LogP contribution in [0.5, 0.6) is 0 Å². The van der Waals surface area contributed by atoms with Gasteiger partial charge in [-0.05, 0) is 5.56 Å². The van der Waals surface area contributed by atoms with Crippen LogP contribution in [0.4, 0.5) is 0 Å². The summed E-state index contributed by atoms with van der Waals surface area (Å²) in [6.07, 6.45) is 0.496. The van der Waals surface area contributed by atoms with Crippen molar-refractivity contribution in [2.24, 2.45) is 0 Å². The number of carbonyl (C=O) groups excluding carboxylic acids is 2. The number of rotatable bonds is 6. The van der Waals surface area contributed by atoms with Crippen LogP contribution in [0.2, 0.25) is 0 Å². The first-order valence-electron chi connectivity index (χ1n) is 5.74. The Morgan fingerprint density at radius 2 is 1.94 bits per heavy atom. The topological polar surface area (TPSA) is 80.2 Å². The number of ether oxygens (including phenoxy) is 2. The molecule has 5 heteroatoms. The monoisotopic (exact) mass is 252 g/mol. The molecule has 1 aromatic rings. The predicted molar refractivity (Wildman–Crippen MR) is 64.2 cm³/mol. The Labute approximate surface area is 106 Å². The maximum absolute atomic E-state index is 11.4. The van der Waals surface area contributed by atoms with Gasteiger partial charge in [0.05, 0.1) is 13.5 Å². The van der Waals surface area contributed by atoms with Gasteiger partial charge in [-0.3, -0.25) is 4.79 Å². The van der Waals surface area contributed by atoms with E-state index >= 15 is 0 Å². The molecule has 0 aliphatic carbocycles. The van der Waals surface area contributed by atoms with E-state index in [9.17, 15) is 9.59 Å². The molecule has 0 unspecified atom stereocenters. The van der Waals surface area contributed by atoms with Gasteiger partial charge in [0.2, 0.25) is 0 Å². The average molecular weight is 252 g/mol. The van der Waals surface area contributed by atoms with Gasteiger partial charge in [0.1, 0.15) is 6.61 Å². The largest absolute Gasteiger partial charge is 0.465 e. The first kappa shape index (κ1) is 14.2. The van der Waals surface area contributed by atoms with Crippen LogP contribution >= 0.6 is 0 Å². The van der Waals surface area contributed by atoms with E-state index in [-0.39, 0.29) is 19.0 Å². The van der Waals surface area contributed by atoms with E-state index in [4.69, 9.17) is 4.74 Å². The van der Waals surface area contributed by atoms with Crippen molar-refractivity contribution in [1.29, 1.82) is 0 Å². The Morgan fingerprint density at radius 3 is 2.56 bits per heavy atom. The van der Waals surface area contributed by atoms with E-state index < -0.39 is 12.0 Å². The van der Waals surface area contributed by atoms with E-state index in [1.807, 2.05) is 30.3 Å². The molecule has 1 aromatic carbocycles. The fourth-order valence-corrected chi connectivity index (χ4v) is 1.39. The van der Waals surface area contributed by atoms with Gasteiger partial charge in [-0.15, -0.1) is 0 Å². The Morgan fingerprint density at radius 1 is 1.28 bits per heavy atom. The molecule has 0 aliphatic heterocycles. The number of hydrogen-bond acceptors (Lipinski definition) is 4. The van der Waals surface area contributed by atoms with Gasteiger partial charge in [0, 0.05) is 6.42 Å². The van der Waals surface area contributed by atoms with Crippen LogP contribution in [0, 0.1) is 0 Å². The molecule has 98 valence electrons. The molecule has 0 radical (unpaired) electrons. The second-order valence-corrected chi connectivity index (χ2v) is 3.91. The summed E-state index contributed by atoms with van der Waals surface area (Å²) in [6.45, 7) is 0.250. The smallest absolute Gasteiger partial charge is 0.364 e. The second-order valence-electron chi connectivity index (χ2n) is 3.91. The summed E-state index contributed by atoms with van der Waals surface area (Å²) < 4.78 is 9.59. The van der Waals surface area contributed by atoms with Crippen LogP contribution in [-0.4, -0.2) is 25.1 Å². The molecule has 0 bridgehead atoms. The van der Waals surface area contributed by atoms with Crippen LogP contribution in [0.3, 0.4) is 0 Å². The van der Waals surface area contributed by atoms with Gasteiger partial charge >= 0.3 is 11.9 Å². The normalized spacial score (nSPS) is 11.7. The summed E-state index contributed by atoms with van der Waals surface area (Å²) in [5.41, 5.74) is 4.55. The standard InChI is InChI=1S/C13H17NO4/c1-17-13(16)11(14)7-8-12(15)18-9-10-5-3-2-4-6-10/h2-6,11H,7-9,14H2,1H3/p+1/t11-/m1/s1. The van der Waals surface area contributed by atoms with Gasteiger partial charge in [0.25, 0.3) is 0 Å². The zero-order valence-corrected chi connectivity index (χ0v) is 10.4. The molecule has 0 saturated heterocycles. The van der Waals surface area contributed by atoms with Gasteiger partial charge in [-0.25, -0.2) is 4.79 Å². The Hall–Kier alpha value is -1.88. The third kappa shape index (κ3) is 4.97. The molecule has 5 nitrogen and oxygen atoms in total. The number of benzene rings is 1. The molecule has 0 spiro atoms. The first-order valence-corrected chi connectivity index (χ1v) is 5.74. The quantitative estimate of drug-likeness (QED) is 0.738. The highest BCUT2D eigenvalue weighted by atomic mass is 16.5. The maximum atomic E-state index is 11.4. The number of methoxy groups -OCH3 is 1. The highest BCUT2D eigenvalue weighted by Crippen LogP contribution is 2.03. The van der Waals surface area contributed by atoms with Crippen molar-refractivity contribution in [3.63, 3.8) is 0 Å². The lowest BCUT2D eigenvalue weighted by Gasteiger charge is -2.07. The van der Waals surface area contributed by atoms with Gasteiger partial charge in [-0.1, -0.05) is 30.3 Å². The van der Waals surface area contributed by atoms with E-state index in [0.29, 0.717) is 6.42 Å². The van der Waals surface area contributed by atoms with Crippen LogP contribution < -0.4 is 5.73 Å². The fourth-order valence-electron chi connectivity index (χ4n) is 1.39. The molecule has 0 heterocycles. The van der Waals surface area contributed by atoms with Gasteiger partial charge < -0.3 is 15.2 Å². The first-order chi connectivity index (χ1) is 8.63. The maximum Gasteiger partial charge on any atom is 0.364 e. The molecule has 1 rings (SSSR count). The summed E-state index contributed by atoms with van der Waals surface area (Å²) in [5.74, 6) is -0.748. The average Bonchev–Trinajstić information content (AvgIpc) is 2.42. The zero-order chi connectivity index (χ0) is 13.4. The number of quaternary nitrogens is 1. The van der Waals surface area contributed by atoms with Crippen molar-refractivity contribution in [2.75, 3.05) is 7.11 Å². The molecule has 3 N–H and O–H groups in total. The fraction of sp³-hybridized carbons (Fsp3) is 0.385. The van der Waals surface area contributed by atoms with Crippen LogP contribution in [0.15, 0.2) is 30.3 Å². The molecular formula is C13H18NO4+. The molecule has 18 heavy (non-hydrogen) atoms. The van der Waals surface area contributed by atoms with Crippen molar-refractivity contribution in [3.8, 4) is 0 Å². The third-order valence-corrected chi connectivity index (χ3v) is 2.47. The Balaban J connectivity index is 2.24. The third-order valence-electron chi connectivity index (χ3n) is 2.47. The van der Waals surface area contributed by atoms with Crippen LogP contribution in [-0.2, 0) is 25.7 Å². The van der Waals surface area contributed by atoms with E-state index in [2.05, 4.69) is 10.5 Å². The summed E-state index contributed by atoms with van der Waals surface area (Å²) >= 11 is 0. The lowest BCUT2D eigenvalue weighted by molar-refractivity contribution is -0.409. The van der Waals surface area contributed by atoms with Crippen molar-refractivity contribution < 1.29 is 24.8 Å². The van der Waals surface area contributed by atoms with Crippen molar-refractivity contribution >= 4 is 11.9 Å². The second kappa shape index (κ2) is 7.45. The highest BCUT2D eigenvalue weighted by Gasteiger charge is 2.19. The minimum atomic E-state index is -0.528. The van der Waals surface area contributed by atoms with Crippen LogP contribution in [0.25, 0.3) is 0 Å². The minimum absolute atomic E-state index is 0.163. The Bertz CT molecular complexity index is 391. The van der Waals surface area contributed by atoms with E-state index in [1.54, 1.807) is 0 Å². The molecule has 0 saturated carbocycles. The van der Waals surface area contributed by atoms with Crippen molar-refractivity contribution in [1.82, 2.24) is 0 Å². The SMILES string of the molecule is COC(=O)[C@H]([NH3+])CCC(=O)OCc1ccccc1. The Kier molecular flexibility index (Phi) is 5.87.